The minimum Gasteiger partial charge on any atom is -0.298 e. The first-order valence-electron chi connectivity index (χ1n) is 5.45. The Balaban J connectivity index is 2.57. The van der Waals surface area contributed by atoms with Crippen LogP contribution in [0.2, 0.25) is 0 Å². The van der Waals surface area contributed by atoms with Crippen molar-refractivity contribution in [2.45, 2.75) is 13.8 Å². The molecule has 0 aliphatic heterocycles. The molecule has 1 nitrogen and oxygen atoms in total. The number of halogens is 1. The molecule has 0 saturated heterocycles. The lowest BCUT2D eigenvalue weighted by Crippen LogP contribution is -1.91. The Morgan fingerprint density at radius 3 is 2.53 bits per heavy atom. The number of carbonyl (C=O) groups excluding carboxylic acids is 1. The Morgan fingerprint density at radius 2 is 1.88 bits per heavy atom. The Hall–Kier alpha value is -1.96. The normalized spacial score (nSPS) is 10.3. The van der Waals surface area contributed by atoms with Crippen molar-refractivity contribution in [1.29, 1.82) is 0 Å². The van der Waals surface area contributed by atoms with Crippen molar-refractivity contribution in [3.8, 4) is 11.1 Å². The van der Waals surface area contributed by atoms with Crippen LogP contribution in [0.4, 0.5) is 4.39 Å². The SMILES string of the molecule is Cc1cccc(-c2ccc(C=O)c(F)c2)c1C. The lowest BCUT2D eigenvalue weighted by atomic mass is 9.96. The summed E-state index contributed by atoms with van der Waals surface area (Å²) in [5.41, 5.74) is 4.20. The number of benzene rings is 2. The third-order valence-corrected chi connectivity index (χ3v) is 3.04. The van der Waals surface area contributed by atoms with Crippen molar-refractivity contribution in [3.05, 3.63) is 58.9 Å². The van der Waals surface area contributed by atoms with Gasteiger partial charge in [0.1, 0.15) is 5.82 Å². The number of aryl methyl sites for hydroxylation is 1. The molecule has 0 atom stereocenters. The van der Waals surface area contributed by atoms with Crippen molar-refractivity contribution in [1.82, 2.24) is 0 Å². The first-order valence-corrected chi connectivity index (χ1v) is 5.45. The average Bonchev–Trinajstić information content (AvgIpc) is 2.32. The van der Waals surface area contributed by atoms with Gasteiger partial charge in [-0.1, -0.05) is 24.3 Å². The topological polar surface area (TPSA) is 17.1 Å². The van der Waals surface area contributed by atoms with Crippen molar-refractivity contribution in [2.24, 2.45) is 0 Å². The molecule has 0 fully saturated rings. The van der Waals surface area contributed by atoms with Crippen molar-refractivity contribution < 1.29 is 9.18 Å². The largest absolute Gasteiger partial charge is 0.298 e. The van der Waals surface area contributed by atoms with Gasteiger partial charge in [0.05, 0.1) is 5.56 Å². The quantitative estimate of drug-likeness (QED) is 0.712. The summed E-state index contributed by atoms with van der Waals surface area (Å²) in [6, 6.07) is 10.6. The van der Waals surface area contributed by atoms with E-state index in [-0.39, 0.29) is 5.56 Å². The van der Waals surface area contributed by atoms with Gasteiger partial charge < -0.3 is 0 Å². The molecular formula is C15H13FO. The van der Waals surface area contributed by atoms with E-state index in [1.54, 1.807) is 6.07 Å². The molecular weight excluding hydrogens is 215 g/mol. The summed E-state index contributed by atoms with van der Waals surface area (Å²) < 4.78 is 13.5. The molecule has 0 radical (unpaired) electrons. The van der Waals surface area contributed by atoms with Gasteiger partial charge in [0.15, 0.2) is 6.29 Å². The van der Waals surface area contributed by atoms with E-state index < -0.39 is 5.82 Å². The molecule has 0 amide bonds. The minimum atomic E-state index is -0.474. The molecule has 0 heterocycles. The van der Waals surface area contributed by atoms with E-state index in [2.05, 4.69) is 0 Å². The maximum atomic E-state index is 13.5. The van der Waals surface area contributed by atoms with E-state index in [4.69, 9.17) is 0 Å². The van der Waals surface area contributed by atoms with Gasteiger partial charge in [-0.3, -0.25) is 4.79 Å². The number of aldehydes is 1. The van der Waals surface area contributed by atoms with E-state index in [0.29, 0.717) is 6.29 Å². The van der Waals surface area contributed by atoms with Crippen LogP contribution in [0, 0.1) is 19.7 Å². The first kappa shape index (κ1) is 11.5. The first-order chi connectivity index (χ1) is 8.13. The lowest BCUT2D eigenvalue weighted by Gasteiger charge is -2.09. The minimum absolute atomic E-state index is 0.0963. The van der Waals surface area contributed by atoms with Gasteiger partial charge >= 0.3 is 0 Å². The molecule has 0 saturated carbocycles. The van der Waals surface area contributed by atoms with Crippen LogP contribution in [0.5, 0.6) is 0 Å². The molecule has 0 aromatic heterocycles. The highest BCUT2D eigenvalue weighted by atomic mass is 19.1. The molecule has 0 N–H and O–H groups in total. The number of carbonyl (C=O) groups is 1. The van der Waals surface area contributed by atoms with Crippen molar-refractivity contribution in [2.75, 3.05) is 0 Å². The van der Waals surface area contributed by atoms with Crippen LogP contribution in [-0.4, -0.2) is 6.29 Å². The van der Waals surface area contributed by atoms with Gasteiger partial charge in [0.2, 0.25) is 0 Å². The van der Waals surface area contributed by atoms with Crippen molar-refractivity contribution in [3.63, 3.8) is 0 Å². The summed E-state index contributed by atoms with van der Waals surface area (Å²) in [5, 5.41) is 0. The molecule has 2 rings (SSSR count). The Bertz CT molecular complexity index is 573. The van der Waals surface area contributed by atoms with Crippen molar-refractivity contribution >= 4 is 6.29 Å². The summed E-state index contributed by atoms with van der Waals surface area (Å²) >= 11 is 0. The molecule has 0 aliphatic carbocycles. The molecule has 0 unspecified atom stereocenters. The maximum Gasteiger partial charge on any atom is 0.152 e. The summed E-state index contributed by atoms with van der Waals surface area (Å²) in [6.45, 7) is 4.03. The molecule has 0 bridgehead atoms. The third kappa shape index (κ3) is 2.11. The van der Waals surface area contributed by atoms with Gasteiger partial charge in [-0.2, -0.15) is 0 Å². The second-order valence-corrected chi connectivity index (χ2v) is 4.10. The molecule has 2 aromatic carbocycles. The smallest absolute Gasteiger partial charge is 0.152 e. The van der Waals surface area contributed by atoms with E-state index in [0.717, 1.165) is 16.7 Å². The molecule has 86 valence electrons. The van der Waals surface area contributed by atoms with E-state index >= 15 is 0 Å². The molecule has 0 aliphatic rings. The van der Waals surface area contributed by atoms with Gasteiger partial charge in [-0.15, -0.1) is 0 Å². The van der Waals surface area contributed by atoms with Crippen LogP contribution in [0.1, 0.15) is 21.5 Å². The fourth-order valence-corrected chi connectivity index (χ4v) is 1.85. The zero-order chi connectivity index (χ0) is 12.4. The maximum absolute atomic E-state index is 13.5. The number of hydrogen-bond acceptors (Lipinski definition) is 1. The number of rotatable bonds is 2. The molecule has 2 heteroatoms. The van der Waals surface area contributed by atoms with E-state index in [9.17, 15) is 9.18 Å². The average molecular weight is 228 g/mol. The predicted octanol–water partition coefficient (Wildman–Crippen LogP) is 3.92. The summed E-state index contributed by atoms with van der Waals surface area (Å²) in [5.74, 6) is -0.474. The molecule has 0 spiro atoms. The molecule has 2 aromatic rings. The fraction of sp³-hybridized carbons (Fsp3) is 0.133. The zero-order valence-corrected chi connectivity index (χ0v) is 9.83. The highest BCUT2D eigenvalue weighted by molar-refractivity contribution is 5.78. The monoisotopic (exact) mass is 228 g/mol. The Labute approximate surface area is 99.9 Å². The standard InChI is InChI=1S/C15H13FO/c1-10-4-3-5-14(11(10)2)12-6-7-13(9-17)15(16)8-12/h3-9H,1-2H3. The zero-order valence-electron chi connectivity index (χ0n) is 9.83. The highest BCUT2D eigenvalue weighted by Crippen LogP contribution is 2.26. The summed E-state index contributed by atoms with van der Waals surface area (Å²) in [7, 11) is 0. The van der Waals surface area contributed by atoms with Gasteiger partial charge in [0.25, 0.3) is 0 Å². The van der Waals surface area contributed by atoms with Crippen LogP contribution < -0.4 is 0 Å². The Morgan fingerprint density at radius 1 is 1.12 bits per heavy atom. The molecule has 17 heavy (non-hydrogen) atoms. The predicted molar refractivity (Wildman–Crippen MR) is 66.7 cm³/mol. The van der Waals surface area contributed by atoms with E-state index in [1.165, 1.54) is 17.7 Å². The lowest BCUT2D eigenvalue weighted by molar-refractivity contribution is 0.112. The second-order valence-electron chi connectivity index (χ2n) is 4.10. The van der Waals surface area contributed by atoms with Crippen LogP contribution in [-0.2, 0) is 0 Å². The van der Waals surface area contributed by atoms with E-state index in [1.807, 2.05) is 32.0 Å². The van der Waals surface area contributed by atoms with Crippen LogP contribution in [0.25, 0.3) is 11.1 Å². The van der Waals surface area contributed by atoms with Gasteiger partial charge in [-0.05, 0) is 48.2 Å². The third-order valence-electron chi connectivity index (χ3n) is 3.04. The van der Waals surface area contributed by atoms with Gasteiger partial charge in [0, 0.05) is 0 Å². The summed E-state index contributed by atoms with van der Waals surface area (Å²) in [6.07, 6.45) is 0.530. The Kier molecular flexibility index (Phi) is 3.05. The van der Waals surface area contributed by atoms with Crippen LogP contribution in [0.15, 0.2) is 36.4 Å². The van der Waals surface area contributed by atoms with Crippen LogP contribution >= 0.6 is 0 Å². The number of hydrogen-bond donors (Lipinski definition) is 0. The summed E-state index contributed by atoms with van der Waals surface area (Å²) in [4.78, 5) is 10.6. The van der Waals surface area contributed by atoms with Crippen LogP contribution in [0.3, 0.4) is 0 Å². The fourth-order valence-electron chi connectivity index (χ4n) is 1.85. The van der Waals surface area contributed by atoms with Gasteiger partial charge in [-0.25, -0.2) is 4.39 Å². The highest BCUT2D eigenvalue weighted by Gasteiger charge is 2.07. The second kappa shape index (κ2) is 4.50.